The Morgan fingerprint density at radius 2 is 1.96 bits per heavy atom. The molecule has 0 unspecified atom stereocenters. The third-order valence-corrected chi connectivity index (χ3v) is 4.44. The van der Waals surface area contributed by atoms with Crippen LogP contribution >= 0.6 is 0 Å². The van der Waals surface area contributed by atoms with E-state index in [9.17, 15) is 9.59 Å². The highest BCUT2D eigenvalue weighted by Gasteiger charge is 2.08. The second kappa shape index (κ2) is 6.92. The summed E-state index contributed by atoms with van der Waals surface area (Å²) in [5.74, 6) is -0.360. The van der Waals surface area contributed by atoms with E-state index in [-0.39, 0.29) is 11.5 Å². The van der Waals surface area contributed by atoms with Gasteiger partial charge in [-0.05, 0) is 48.0 Å². The monoisotopic (exact) mass is 359 g/mol. The van der Waals surface area contributed by atoms with Crippen LogP contribution in [-0.2, 0) is 11.3 Å². The lowest BCUT2D eigenvalue weighted by Gasteiger charge is -2.10. The smallest absolute Gasteiger partial charge is 0.337 e. The van der Waals surface area contributed by atoms with Gasteiger partial charge in [-0.15, -0.1) is 0 Å². The van der Waals surface area contributed by atoms with Gasteiger partial charge in [0.25, 0.3) is 5.56 Å². The van der Waals surface area contributed by atoms with Crippen molar-refractivity contribution in [3.05, 3.63) is 82.3 Å². The Morgan fingerprint density at radius 1 is 1.07 bits per heavy atom. The Labute approximate surface area is 154 Å². The van der Waals surface area contributed by atoms with Crippen LogP contribution in [0.2, 0.25) is 0 Å². The molecule has 0 spiro atoms. The second-order valence-corrected chi connectivity index (χ2v) is 6.16. The molecule has 134 valence electrons. The molecule has 0 aliphatic carbocycles. The van der Waals surface area contributed by atoms with Crippen LogP contribution in [0.1, 0.15) is 15.9 Å². The second-order valence-electron chi connectivity index (χ2n) is 6.16. The van der Waals surface area contributed by atoms with Crippen molar-refractivity contribution in [1.29, 1.82) is 0 Å². The van der Waals surface area contributed by atoms with Crippen LogP contribution in [0.3, 0.4) is 0 Å². The third-order valence-electron chi connectivity index (χ3n) is 4.44. The van der Waals surface area contributed by atoms with E-state index in [2.05, 4.69) is 15.3 Å². The first-order chi connectivity index (χ1) is 13.2. The molecule has 2 aromatic carbocycles. The van der Waals surface area contributed by atoms with Crippen molar-refractivity contribution in [3.63, 3.8) is 0 Å². The van der Waals surface area contributed by atoms with Crippen molar-refractivity contribution in [3.8, 4) is 0 Å². The molecule has 4 aromatic rings. The van der Waals surface area contributed by atoms with Crippen LogP contribution in [0.4, 0.5) is 5.69 Å². The normalized spacial score (nSPS) is 10.9. The van der Waals surface area contributed by atoms with E-state index in [1.165, 1.54) is 7.11 Å². The minimum Gasteiger partial charge on any atom is -0.465 e. The Kier molecular flexibility index (Phi) is 4.30. The Balaban J connectivity index is 1.66. The predicted octanol–water partition coefficient (Wildman–Crippen LogP) is 3.48. The highest BCUT2D eigenvalue weighted by molar-refractivity contribution is 6.05. The topological polar surface area (TPSA) is 84.1 Å². The van der Waals surface area contributed by atoms with Gasteiger partial charge in [-0.3, -0.25) is 4.79 Å². The standard InChI is InChI=1S/C21H17N3O3/c1-27-21(26)14-5-2-4-13(10-14)12-23-15-7-8-17-18(11-15)16-6-3-9-22-19(16)24-20(17)25/h2-11,23H,12H2,1H3,(H,22,24,25). The lowest BCUT2D eigenvalue weighted by Crippen LogP contribution is -2.08. The lowest BCUT2D eigenvalue weighted by molar-refractivity contribution is 0.0600. The number of ether oxygens (including phenoxy) is 1. The molecule has 4 rings (SSSR count). The molecule has 0 fully saturated rings. The summed E-state index contributed by atoms with van der Waals surface area (Å²) in [6.45, 7) is 0.537. The molecular formula is C21H17N3O3. The van der Waals surface area contributed by atoms with E-state index in [4.69, 9.17) is 4.74 Å². The van der Waals surface area contributed by atoms with Crippen LogP contribution in [0, 0.1) is 0 Å². The number of carbonyl (C=O) groups excluding carboxylic acids is 1. The number of H-pyrrole nitrogens is 1. The fourth-order valence-corrected chi connectivity index (χ4v) is 3.10. The van der Waals surface area contributed by atoms with Gasteiger partial charge in [0.05, 0.1) is 12.7 Å². The van der Waals surface area contributed by atoms with Crippen LogP contribution in [0.5, 0.6) is 0 Å². The minimum atomic E-state index is -0.360. The van der Waals surface area contributed by atoms with Gasteiger partial charge in [0.15, 0.2) is 0 Å². The molecule has 27 heavy (non-hydrogen) atoms. The number of nitrogens with one attached hydrogen (secondary N) is 2. The Morgan fingerprint density at radius 3 is 2.81 bits per heavy atom. The number of hydrogen-bond donors (Lipinski definition) is 2. The number of anilines is 1. The van der Waals surface area contributed by atoms with Gasteiger partial charge in [-0.1, -0.05) is 12.1 Å². The van der Waals surface area contributed by atoms with Crippen LogP contribution in [-0.4, -0.2) is 23.0 Å². The molecular weight excluding hydrogens is 342 g/mol. The molecule has 0 aliphatic heterocycles. The number of benzene rings is 2. The summed E-state index contributed by atoms with van der Waals surface area (Å²) in [6.07, 6.45) is 1.65. The van der Waals surface area contributed by atoms with Crippen LogP contribution in [0.15, 0.2) is 65.6 Å². The van der Waals surface area contributed by atoms with Crippen molar-refractivity contribution in [2.24, 2.45) is 0 Å². The summed E-state index contributed by atoms with van der Waals surface area (Å²) in [5, 5.41) is 5.69. The summed E-state index contributed by atoms with van der Waals surface area (Å²) < 4.78 is 4.76. The quantitative estimate of drug-likeness (QED) is 0.430. The fraction of sp³-hybridized carbons (Fsp3) is 0.0952. The van der Waals surface area contributed by atoms with Crippen LogP contribution < -0.4 is 10.9 Å². The predicted molar refractivity (Wildman–Crippen MR) is 105 cm³/mol. The largest absolute Gasteiger partial charge is 0.465 e. The SMILES string of the molecule is COC(=O)c1cccc(CNc2ccc3c(=O)[nH]c4ncccc4c3c2)c1. The molecule has 0 bridgehead atoms. The zero-order chi connectivity index (χ0) is 18.8. The molecule has 6 heteroatoms. The van der Waals surface area contributed by atoms with Crippen molar-refractivity contribution in [2.75, 3.05) is 12.4 Å². The Bertz CT molecular complexity index is 1210. The Hall–Kier alpha value is -3.67. The van der Waals surface area contributed by atoms with E-state index in [1.807, 2.05) is 36.4 Å². The maximum atomic E-state index is 12.3. The number of hydrogen-bond acceptors (Lipinski definition) is 5. The number of pyridine rings is 2. The molecule has 0 amide bonds. The summed E-state index contributed by atoms with van der Waals surface area (Å²) in [5.41, 5.74) is 2.75. The van der Waals surface area contributed by atoms with E-state index < -0.39 is 0 Å². The zero-order valence-corrected chi connectivity index (χ0v) is 14.7. The van der Waals surface area contributed by atoms with Gasteiger partial charge in [-0.25, -0.2) is 9.78 Å². The maximum Gasteiger partial charge on any atom is 0.337 e. The van der Waals surface area contributed by atoms with Crippen molar-refractivity contribution < 1.29 is 9.53 Å². The van der Waals surface area contributed by atoms with E-state index in [0.29, 0.717) is 23.1 Å². The fourth-order valence-electron chi connectivity index (χ4n) is 3.10. The number of aromatic nitrogens is 2. The molecule has 0 aliphatic rings. The summed E-state index contributed by atoms with van der Waals surface area (Å²) in [7, 11) is 1.36. The molecule has 0 saturated carbocycles. The van der Waals surface area contributed by atoms with Gasteiger partial charge in [0, 0.05) is 34.6 Å². The first-order valence-corrected chi connectivity index (χ1v) is 8.47. The minimum absolute atomic E-state index is 0.159. The molecule has 6 nitrogen and oxygen atoms in total. The van der Waals surface area contributed by atoms with Gasteiger partial charge >= 0.3 is 5.97 Å². The lowest BCUT2D eigenvalue weighted by atomic mass is 10.1. The van der Waals surface area contributed by atoms with Gasteiger partial charge in [0.2, 0.25) is 0 Å². The number of esters is 1. The number of carbonyl (C=O) groups is 1. The van der Waals surface area contributed by atoms with E-state index >= 15 is 0 Å². The summed E-state index contributed by atoms with van der Waals surface area (Å²) in [4.78, 5) is 30.9. The number of methoxy groups -OCH3 is 1. The molecule has 0 radical (unpaired) electrons. The average molecular weight is 359 g/mol. The molecule has 2 aromatic heterocycles. The molecule has 2 N–H and O–H groups in total. The van der Waals surface area contributed by atoms with Crippen molar-refractivity contribution in [1.82, 2.24) is 9.97 Å². The van der Waals surface area contributed by atoms with E-state index in [1.54, 1.807) is 24.4 Å². The first-order valence-electron chi connectivity index (χ1n) is 8.47. The van der Waals surface area contributed by atoms with Gasteiger partial charge < -0.3 is 15.0 Å². The zero-order valence-electron chi connectivity index (χ0n) is 14.7. The molecule has 2 heterocycles. The van der Waals surface area contributed by atoms with Crippen LogP contribution in [0.25, 0.3) is 21.8 Å². The summed E-state index contributed by atoms with van der Waals surface area (Å²) >= 11 is 0. The highest BCUT2D eigenvalue weighted by atomic mass is 16.5. The number of fused-ring (bicyclic) bond motifs is 3. The summed E-state index contributed by atoms with van der Waals surface area (Å²) in [6, 6.07) is 16.7. The number of rotatable bonds is 4. The highest BCUT2D eigenvalue weighted by Crippen LogP contribution is 2.23. The molecule has 0 atom stereocenters. The van der Waals surface area contributed by atoms with Crippen molar-refractivity contribution in [2.45, 2.75) is 6.54 Å². The van der Waals surface area contributed by atoms with Crippen molar-refractivity contribution >= 4 is 33.5 Å². The number of aromatic amines is 1. The third kappa shape index (κ3) is 3.25. The number of nitrogens with zero attached hydrogens (tertiary/aromatic N) is 1. The molecule has 0 saturated heterocycles. The van der Waals surface area contributed by atoms with E-state index in [0.717, 1.165) is 22.0 Å². The van der Waals surface area contributed by atoms with Gasteiger partial charge in [-0.2, -0.15) is 0 Å². The average Bonchev–Trinajstić information content (AvgIpc) is 2.72. The maximum absolute atomic E-state index is 12.3. The van der Waals surface area contributed by atoms with Gasteiger partial charge in [0.1, 0.15) is 5.65 Å². The first kappa shape index (κ1) is 16.8.